The summed E-state index contributed by atoms with van der Waals surface area (Å²) in [6.45, 7) is 5.55. The summed E-state index contributed by atoms with van der Waals surface area (Å²) in [5.41, 5.74) is 5.34. The van der Waals surface area contributed by atoms with E-state index in [4.69, 9.17) is 5.73 Å². The number of hydrogen-bond donors (Lipinski definition) is 1. The van der Waals surface area contributed by atoms with Gasteiger partial charge in [-0.15, -0.1) is 11.3 Å². The maximum absolute atomic E-state index is 12.6. The number of nitrogens with zero attached hydrogens (tertiary/aromatic N) is 1. The molecule has 90 valence electrons. The van der Waals surface area contributed by atoms with Crippen LogP contribution in [-0.2, 0) is 17.1 Å². The van der Waals surface area contributed by atoms with Crippen LogP contribution in [0.5, 0.6) is 0 Å². The third-order valence-electron chi connectivity index (χ3n) is 2.83. The van der Waals surface area contributed by atoms with Crippen molar-refractivity contribution in [1.82, 2.24) is 4.98 Å². The van der Waals surface area contributed by atoms with Crippen LogP contribution in [0.15, 0.2) is 0 Å². The van der Waals surface area contributed by atoms with Gasteiger partial charge >= 0.3 is 6.18 Å². The molecular weight excluding hydrogens is 237 g/mol. The van der Waals surface area contributed by atoms with Gasteiger partial charge in [-0.2, -0.15) is 13.2 Å². The Morgan fingerprint density at radius 3 is 2.31 bits per heavy atom. The van der Waals surface area contributed by atoms with Crippen molar-refractivity contribution in [2.45, 2.75) is 44.3 Å². The van der Waals surface area contributed by atoms with E-state index in [-0.39, 0.29) is 5.41 Å². The Bertz CT molecular complexity index is 400. The van der Waals surface area contributed by atoms with Gasteiger partial charge in [0.15, 0.2) is 5.01 Å². The number of halogens is 3. The highest BCUT2D eigenvalue weighted by atomic mass is 32.1. The molecule has 1 heterocycles. The van der Waals surface area contributed by atoms with Crippen molar-refractivity contribution in [3.8, 4) is 0 Å². The van der Waals surface area contributed by atoms with Gasteiger partial charge in [0.05, 0.1) is 11.2 Å². The molecule has 1 aromatic rings. The Hall–Kier alpha value is -0.620. The van der Waals surface area contributed by atoms with Crippen LogP contribution < -0.4 is 5.73 Å². The minimum absolute atomic E-state index is 0.319. The Kier molecular flexibility index (Phi) is 2.21. The molecule has 1 aromatic heterocycles. The molecule has 0 amide bonds. The lowest BCUT2D eigenvalue weighted by atomic mass is 9.88. The second-order valence-electron chi connectivity index (χ2n) is 5.17. The monoisotopic (exact) mass is 250 g/mol. The highest BCUT2D eigenvalue weighted by molar-refractivity contribution is 7.12. The van der Waals surface area contributed by atoms with Crippen LogP contribution >= 0.6 is 11.3 Å². The van der Waals surface area contributed by atoms with E-state index in [0.29, 0.717) is 17.0 Å². The van der Waals surface area contributed by atoms with Crippen LogP contribution in [0.3, 0.4) is 0 Å². The topological polar surface area (TPSA) is 38.9 Å². The first-order valence-electron chi connectivity index (χ1n) is 4.92. The molecule has 1 aliphatic rings. The van der Waals surface area contributed by atoms with Gasteiger partial charge in [0, 0.05) is 10.3 Å². The van der Waals surface area contributed by atoms with Crippen LogP contribution in [0.2, 0.25) is 0 Å². The lowest BCUT2D eigenvalue weighted by Crippen LogP contribution is -2.33. The summed E-state index contributed by atoms with van der Waals surface area (Å²) < 4.78 is 37.7. The lowest BCUT2D eigenvalue weighted by molar-refractivity contribution is -0.137. The minimum Gasteiger partial charge on any atom is -0.320 e. The Morgan fingerprint density at radius 2 is 1.88 bits per heavy atom. The normalized spacial score (nSPS) is 28.2. The van der Waals surface area contributed by atoms with Gasteiger partial charge in [0.25, 0.3) is 0 Å². The third-order valence-corrected chi connectivity index (χ3v) is 4.30. The summed E-state index contributed by atoms with van der Waals surface area (Å²) in [5.74, 6) is 0. The second-order valence-corrected chi connectivity index (χ2v) is 6.17. The summed E-state index contributed by atoms with van der Waals surface area (Å²) in [5, 5.41) is -0.790. The van der Waals surface area contributed by atoms with Gasteiger partial charge in [0.1, 0.15) is 0 Å². The highest BCUT2D eigenvalue weighted by Gasteiger charge is 2.48. The maximum Gasteiger partial charge on any atom is 0.443 e. The molecular formula is C10H13F3N2S. The number of rotatable bonds is 0. The molecule has 1 aliphatic carbocycles. The molecule has 2 N–H and O–H groups in total. The fourth-order valence-corrected chi connectivity index (χ4v) is 3.54. The van der Waals surface area contributed by atoms with Crippen LogP contribution in [0, 0.1) is 0 Å². The zero-order valence-corrected chi connectivity index (χ0v) is 10.1. The summed E-state index contributed by atoms with van der Waals surface area (Å²) in [6, 6.07) is 0. The van der Waals surface area contributed by atoms with Crippen LogP contribution in [0.25, 0.3) is 0 Å². The Balaban J connectivity index is 2.58. The van der Waals surface area contributed by atoms with E-state index in [2.05, 4.69) is 4.98 Å². The van der Waals surface area contributed by atoms with Crippen LogP contribution in [0.1, 0.15) is 42.8 Å². The van der Waals surface area contributed by atoms with E-state index in [1.807, 2.05) is 13.8 Å². The molecule has 6 heteroatoms. The summed E-state index contributed by atoms with van der Waals surface area (Å²) in [7, 11) is 0. The Labute approximate surface area is 95.7 Å². The molecule has 0 radical (unpaired) electrons. The summed E-state index contributed by atoms with van der Waals surface area (Å²) >= 11 is 0.722. The molecule has 0 aliphatic heterocycles. The second kappa shape index (κ2) is 2.98. The van der Waals surface area contributed by atoms with Crippen molar-refractivity contribution in [3.05, 3.63) is 15.6 Å². The van der Waals surface area contributed by atoms with E-state index in [9.17, 15) is 13.2 Å². The number of nitrogens with two attached hydrogens (primary N) is 1. The van der Waals surface area contributed by atoms with Crippen molar-refractivity contribution in [3.63, 3.8) is 0 Å². The quantitative estimate of drug-likeness (QED) is 0.768. The SMILES string of the molecule is CC1(C)C[C@](C)(N)c2nc(C(F)(F)F)sc21. The lowest BCUT2D eigenvalue weighted by Gasteiger charge is -2.22. The average molecular weight is 250 g/mol. The van der Waals surface area contributed by atoms with Crippen molar-refractivity contribution in [2.24, 2.45) is 5.73 Å². The largest absolute Gasteiger partial charge is 0.443 e. The van der Waals surface area contributed by atoms with Gasteiger partial charge in [-0.05, 0) is 13.3 Å². The molecule has 2 nitrogen and oxygen atoms in total. The molecule has 1 atom stereocenters. The van der Waals surface area contributed by atoms with E-state index in [0.717, 1.165) is 11.3 Å². The third kappa shape index (κ3) is 1.64. The number of alkyl halides is 3. The van der Waals surface area contributed by atoms with Crippen molar-refractivity contribution < 1.29 is 13.2 Å². The molecule has 0 fully saturated rings. The minimum atomic E-state index is -4.37. The number of thiazole rings is 1. The first-order valence-corrected chi connectivity index (χ1v) is 5.73. The highest BCUT2D eigenvalue weighted by Crippen LogP contribution is 2.51. The maximum atomic E-state index is 12.6. The molecule has 0 bridgehead atoms. The fourth-order valence-electron chi connectivity index (χ4n) is 2.37. The molecule has 0 spiro atoms. The van der Waals surface area contributed by atoms with Crippen molar-refractivity contribution in [2.75, 3.05) is 0 Å². The van der Waals surface area contributed by atoms with E-state index in [1.54, 1.807) is 6.92 Å². The van der Waals surface area contributed by atoms with Gasteiger partial charge < -0.3 is 5.73 Å². The summed E-state index contributed by atoms with van der Waals surface area (Å²) in [4.78, 5) is 4.35. The van der Waals surface area contributed by atoms with Gasteiger partial charge in [-0.1, -0.05) is 13.8 Å². The number of fused-ring (bicyclic) bond motifs is 1. The fraction of sp³-hybridized carbons (Fsp3) is 0.700. The van der Waals surface area contributed by atoms with Crippen LogP contribution in [-0.4, -0.2) is 4.98 Å². The average Bonchev–Trinajstić information content (AvgIpc) is 2.49. The molecule has 0 unspecified atom stereocenters. The van der Waals surface area contributed by atoms with E-state index in [1.165, 1.54) is 0 Å². The van der Waals surface area contributed by atoms with Gasteiger partial charge in [-0.25, -0.2) is 4.98 Å². The zero-order valence-electron chi connectivity index (χ0n) is 9.27. The summed E-state index contributed by atoms with van der Waals surface area (Å²) in [6.07, 6.45) is -3.74. The first kappa shape index (κ1) is 11.9. The molecule has 16 heavy (non-hydrogen) atoms. The smallest absolute Gasteiger partial charge is 0.320 e. The molecule has 0 saturated carbocycles. The van der Waals surface area contributed by atoms with Gasteiger partial charge in [-0.3, -0.25) is 0 Å². The number of hydrogen-bond acceptors (Lipinski definition) is 3. The van der Waals surface area contributed by atoms with E-state index >= 15 is 0 Å². The standard InChI is InChI=1S/C10H13F3N2S/c1-8(2)4-9(3,14)5-6(8)16-7(15-5)10(11,12)13/h4,14H2,1-3H3/t9-/m0/s1. The number of aromatic nitrogens is 1. The predicted molar refractivity (Wildman–Crippen MR) is 56.3 cm³/mol. The molecule has 2 rings (SSSR count). The first-order chi connectivity index (χ1) is 7.04. The zero-order chi connectivity index (χ0) is 12.4. The molecule has 0 saturated heterocycles. The van der Waals surface area contributed by atoms with Crippen molar-refractivity contribution in [1.29, 1.82) is 0 Å². The van der Waals surface area contributed by atoms with Crippen molar-refractivity contribution >= 4 is 11.3 Å². The van der Waals surface area contributed by atoms with Crippen LogP contribution in [0.4, 0.5) is 13.2 Å². The predicted octanol–water partition coefficient (Wildman–Crippen LogP) is 3.02. The molecule has 0 aromatic carbocycles. The van der Waals surface area contributed by atoms with E-state index < -0.39 is 16.7 Å². The Morgan fingerprint density at radius 1 is 1.31 bits per heavy atom. The van der Waals surface area contributed by atoms with Gasteiger partial charge in [0.2, 0.25) is 0 Å².